The maximum atomic E-state index is 11.1. The second-order valence-corrected chi connectivity index (χ2v) is 15.0. The van der Waals surface area contributed by atoms with Gasteiger partial charge in [0.2, 0.25) is 0 Å². The van der Waals surface area contributed by atoms with E-state index in [9.17, 15) is 40.9 Å². The van der Waals surface area contributed by atoms with E-state index in [1.54, 1.807) is 48.5 Å². The molecular weight excluding hydrogens is 776 g/mol. The van der Waals surface area contributed by atoms with Crippen LogP contribution in [-0.4, -0.2) is 190 Å². The summed E-state index contributed by atoms with van der Waals surface area (Å²) in [6, 6.07) is 25.2. The Morgan fingerprint density at radius 1 is 0.317 bits per heavy atom. The Labute approximate surface area is 351 Å². The summed E-state index contributed by atoms with van der Waals surface area (Å²) in [4.78, 5) is 8.53. The fourth-order valence-corrected chi connectivity index (χ4v) is 6.65. The van der Waals surface area contributed by atoms with Gasteiger partial charge in [-0.05, 0) is 97.1 Å². The van der Waals surface area contributed by atoms with Gasteiger partial charge in [-0.3, -0.25) is 19.6 Å². The van der Waals surface area contributed by atoms with Gasteiger partial charge in [0.05, 0.1) is 0 Å². The number of hydrogen-bond acceptors (Lipinski definition) is 16. The van der Waals surface area contributed by atoms with E-state index in [0.717, 1.165) is 0 Å². The molecule has 0 amide bonds. The van der Waals surface area contributed by atoms with Crippen LogP contribution in [0, 0.1) is 0 Å². The summed E-state index contributed by atoms with van der Waals surface area (Å²) >= 11 is 0. The van der Waals surface area contributed by atoms with Crippen LogP contribution in [0.4, 0.5) is 0 Å². The predicted octanol–water partition coefficient (Wildman–Crippen LogP) is 1.79. The minimum absolute atomic E-state index is 0.0308. The van der Waals surface area contributed by atoms with Crippen LogP contribution >= 0.6 is 0 Å². The lowest BCUT2D eigenvalue weighted by Crippen LogP contribution is -2.51. The van der Waals surface area contributed by atoms with Gasteiger partial charge >= 0.3 is 0 Å². The van der Waals surface area contributed by atoms with Gasteiger partial charge in [0, 0.05) is 78.5 Å². The average Bonchev–Trinajstić information content (AvgIpc) is 3.23. The summed E-state index contributed by atoms with van der Waals surface area (Å²) in [5, 5.41) is 83.0. The predicted molar refractivity (Wildman–Crippen MR) is 224 cm³/mol. The van der Waals surface area contributed by atoms with Crippen molar-refractivity contribution in [3.05, 3.63) is 97.1 Å². The molecule has 0 spiro atoms. The van der Waals surface area contributed by atoms with Gasteiger partial charge in [-0.25, -0.2) is 0 Å². The number of rotatable bonds is 20. The van der Waals surface area contributed by atoms with Crippen molar-refractivity contribution in [3.8, 4) is 46.0 Å². The third-order valence-corrected chi connectivity index (χ3v) is 9.92. The second-order valence-electron chi connectivity index (χ2n) is 15.0. The lowest BCUT2D eigenvalue weighted by atomic mass is 10.2. The van der Waals surface area contributed by atoms with Gasteiger partial charge in [-0.1, -0.05) is 0 Å². The van der Waals surface area contributed by atoms with Gasteiger partial charge in [0.1, 0.15) is 96.8 Å². The maximum Gasteiger partial charge on any atom is 0.119 e. The first kappa shape index (κ1) is 46.0. The quantitative estimate of drug-likeness (QED) is 0.0638. The Balaban J connectivity index is 1.27. The fraction of sp³-hybridized carbons (Fsp3) is 0.455. The highest BCUT2D eigenvalue weighted by molar-refractivity contribution is 5.32. The van der Waals surface area contributed by atoms with E-state index in [-0.39, 0.29) is 75.6 Å². The van der Waals surface area contributed by atoms with E-state index in [4.69, 9.17) is 18.9 Å². The van der Waals surface area contributed by atoms with Crippen molar-refractivity contribution in [2.24, 2.45) is 0 Å². The molecule has 0 radical (unpaired) electrons. The largest absolute Gasteiger partial charge is 0.508 e. The Morgan fingerprint density at radius 2 is 0.483 bits per heavy atom. The SMILES string of the molecule is Oc1ccc(OC[C@@H](O)CN2CCN(C[C@H](O)COc3ccc(O)cc3)CCN(C[C@H](O)COc3ccc(O)cc3)CCN(C[C@H](O)COc3ccc(O)cc3)CC2)cc1. The molecule has 60 heavy (non-hydrogen) atoms. The molecule has 5 rings (SSSR count). The Hall–Kier alpha value is -5.04. The van der Waals surface area contributed by atoms with Crippen LogP contribution < -0.4 is 18.9 Å². The molecule has 0 saturated carbocycles. The Kier molecular flexibility index (Phi) is 18.6. The van der Waals surface area contributed by atoms with Gasteiger partial charge < -0.3 is 59.8 Å². The lowest BCUT2D eigenvalue weighted by Gasteiger charge is -2.36. The first-order chi connectivity index (χ1) is 28.9. The lowest BCUT2D eigenvalue weighted by molar-refractivity contribution is 0.0240. The topological polar surface area (TPSA) is 212 Å². The standard InChI is InChI=1S/C44H60N4O12/c49-33-1-9-41(10-2-33)57-29-37(53)25-45-17-19-46(26-38(54)30-58-42-11-3-34(50)4-12-42)21-23-48(28-40(56)32-60-44-15-7-36(52)8-16-44)24-22-47(20-18-45)27-39(55)31-59-43-13-5-35(51)6-14-43/h1-16,37-40,49-56H,17-32H2/t37-,38-,39-,40-/m0/s1. The molecule has 328 valence electrons. The van der Waals surface area contributed by atoms with Gasteiger partial charge in [-0.2, -0.15) is 0 Å². The molecule has 4 aromatic rings. The van der Waals surface area contributed by atoms with Crippen molar-refractivity contribution in [1.82, 2.24) is 19.6 Å². The molecule has 0 bridgehead atoms. The maximum absolute atomic E-state index is 11.1. The van der Waals surface area contributed by atoms with Crippen LogP contribution in [0.5, 0.6) is 46.0 Å². The summed E-state index contributed by atoms with van der Waals surface area (Å²) < 4.78 is 23.2. The third-order valence-electron chi connectivity index (χ3n) is 9.92. The van der Waals surface area contributed by atoms with E-state index in [0.29, 0.717) is 75.4 Å². The highest BCUT2D eigenvalue weighted by Gasteiger charge is 2.23. The normalized spacial score (nSPS) is 17.4. The van der Waals surface area contributed by atoms with Crippen molar-refractivity contribution < 1.29 is 59.8 Å². The zero-order chi connectivity index (χ0) is 42.7. The number of hydrogen-bond donors (Lipinski definition) is 8. The van der Waals surface area contributed by atoms with E-state index in [1.807, 2.05) is 0 Å². The molecule has 1 saturated heterocycles. The number of benzene rings is 4. The number of phenolic OH excluding ortho intramolecular Hbond substituents is 4. The molecule has 16 heteroatoms. The minimum Gasteiger partial charge on any atom is -0.508 e. The molecule has 1 aliphatic rings. The van der Waals surface area contributed by atoms with Gasteiger partial charge in [0.25, 0.3) is 0 Å². The molecule has 0 aromatic heterocycles. The number of aromatic hydroxyl groups is 4. The number of aliphatic hydroxyl groups is 4. The molecule has 1 fully saturated rings. The van der Waals surface area contributed by atoms with E-state index in [1.165, 1.54) is 48.5 Å². The first-order valence-corrected chi connectivity index (χ1v) is 20.2. The van der Waals surface area contributed by atoms with Crippen LogP contribution in [0.15, 0.2) is 97.1 Å². The zero-order valence-electron chi connectivity index (χ0n) is 33.9. The number of phenols is 4. The van der Waals surface area contributed by atoms with Crippen molar-refractivity contribution in [2.45, 2.75) is 24.4 Å². The molecule has 0 aliphatic carbocycles. The van der Waals surface area contributed by atoms with Crippen LogP contribution in [-0.2, 0) is 0 Å². The van der Waals surface area contributed by atoms with Crippen LogP contribution in [0.3, 0.4) is 0 Å². The van der Waals surface area contributed by atoms with Crippen molar-refractivity contribution in [2.75, 3.05) is 105 Å². The van der Waals surface area contributed by atoms with Crippen molar-refractivity contribution >= 4 is 0 Å². The van der Waals surface area contributed by atoms with Crippen molar-refractivity contribution in [1.29, 1.82) is 0 Å². The molecule has 0 unspecified atom stereocenters. The van der Waals surface area contributed by atoms with Crippen LogP contribution in [0.25, 0.3) is 0 Å². The summed E-state index contributed by atoms with van der Waals surface area (Å²) in [7, 11) is 0. The monoisotopic (exact) mass is 836 g/mol. The molecule has 4 aromatic carbocycles. The second kappa shape index (κ2) is 24.3. The van der Waals surface area contributed by atoms with Crippen LogP contribution in [0.1, 0.15) is 0 Å². The average molecular weight is 837 g/mol. The van der Waals surface area contributed by atoms with Crippen LogP contribution in [0.2, 0.25) is 0 Å². The number of ether oxygens (including phenoxy) is 4. The summed E-state index contributed by atoms with van der Waals surface area (Å²) in [6.07, 6.45) is -3.38. The van der Waals surface area contributed by atoms with Crippen molar-refractivity contribution in [3.63, 3.8) is 0 Å². The Morgan fingerprint density at radius 3 is 0.650 bits per heavy atom. The number of β-amino-alcohol motifs (C(OH)–C–C–N with tert-alkyl or cyclic N) is 4. The summed E-state index contributed by atoms with van der Waals surface area (Å²) in [6.45, 7) is 5.55. The minimum atomic E-state index is -0.844. The molecular formula is C44H60N4O12. The first-order valence-electron chi connectivity index (χ1n) is 20.2. The molecule has 1 heterocycles. The summed E-state index contributed by atoms with van der Waals surface area (Å²) in [5.41, 5.74) is 0. The molecule has 1 aliphatic heterocycles. The fourth-order valence-electron chi connectivity index (χ4n) is 6.65. The van der Waals surface area contributed by atoms with Gasteiger partial charge in [-0.15, -0.1) is 0 Å². The highest BCUT2D eigenvalue weighted by Crippen LogP contribution is 2.19. The van der Waals surface area contributed by atoms with E-state index < -0.39 is 24.4 Å². The zero-order valence-corrected chi connectivity index (χ0v) is 33.9. The molecule has 4 atom stereocenters. The highest BCUT2D eigenvalue weighted by atomic mass is 16.5. The van der Waals surface area contributed by atoms with E-state index in [2.05, 4.69) is 19.6 Å². The van der Waals surface area contributed by atoms with E-state index >= 15 is 0 Å². The molecule has 8 N–H and O–H groups in total. The third kappa shape index (κ3) is 17.3. The number of aliphatic hydroxyl groups excluding tert-OH is 4. The smallest absolute Gasteiger partial charge is 0.119 e. The van der Waals surface area contributed by atoms with Gasteiger partial charge in [0.15, 0.2) is 0 Å². The molecule has 16 nitrogen and oxygen atoms in total. The Bertz CT molecular complexity index is 1490. The number of nitrogens with zero attached hydrogens (tertiary/aromatic N) is 4. The summed E-state index contributed by atoms with van der Waals surface area (Å²) in [5.74, 6) is 2.54.